The molecule has 0 aliphatic rings. The molecule has 1 aromatic carbocycles. The summed E-state index contributed by atoms with van der Waals surface area (Å²) in [5, 5.41) is 4.87. The van der Waals surface area contributed by atoms with Crippen LogP contribution in [0.15, 0.2) is 18.2 Å². The first-order valence-corrected chi connectivity index (χ1v) is 6.73. The molecule has 1 aromatic rings. The van der Waals surface area contributed by atoms with E-state index in [9.17, 15) is 0 Å². The highest BCUT2D eigenvalue weighted by molar-refractivity contribution is 6.35. The van der Waals surface area contributed by atoms with Crippen molar-refractivity contribution < 1.29 is 0 Å². The molecule has 1 rings (SSSR count). The van der Waals surface area contributed by atoms with Crippen LogP contribution in [0.2, 0.25) is 10.0 Å². The van der Waals surface area contributed by atoms with Crippen LogP contribution in [0, 0.1) is 11.3 Å². The quantitative estimate of drug-likeness (QED) is 0.815. The molecule has 0 atom stereocenters. The largest absolute Gasteiger partial charge is 0.312 e. The first-order chi connectivity index (χ1) is 7.83. The van der Waals surface area contributed by atoms with Gasteiger partial charge in [0.2, 0.25) is 0 Å². The Morgan fingerprint density at radius 1 is 1.24 bits per heavy atom. The van der Waals surface area contributed by atoms with Gasteiger partial charge < -0.3 is 5.32 Å². The van der Waals surface area contributed by atoms with Crippen LogP contribution >= 0.6 is 23.2 Å². The second-order valence-corrected chi connectivity index (χ2v) is 6.33. The van der Waals surface area contributed by atoms with E-state index in [1.54, 1.807) is 6.07 Å². The molecule has 0 fully saturated rings. The van der Waals surface area contributed by atoms with Crippen LogP contribution in [0.5, 0.6) is 0 Å². The molecule has 0 amide bonds. The maximum Gasteiger partial charge on any atom is 0.0465 e. The van der Waals surface area contributed by atoms with E-state index >= 15 is 0 Å². The normalized spacial score (nSPS) is 12.2. The van der Waals surface area contributed by atoms with E-state index in [-0.39, 0.29) is 0 Å². The van der Waals surface area contributed by atoms with E-state index < -0.39 is 0 Å². The van der Waals surface area contributed by atoms with Crippen LogP contribution in [0.4, 0.5) is 0 Å². The minimum Gasteiger partial charge on any atom is -0.312 e. The highest BCUT2D eigenvalue weighted by atomic mass is 35.5. The minimum absolute atomic E-state index is 0.291. The number of halogens is 2. The van der Waals surface area contributed by atoms with Crippen molar-refractivity contribution in [3.8, 4) is 0 Å². The highest BCUT2D eigenvalue weighted by Crippen LogP contribution is 2.25. The van der Waals surface area contributed by atoms with Crippen LogP contribution in [-0.2, 0) is 6.54 Å². The molecule has 3 heteroatoms. The third-order valence-electron chi connectivity index (χ3n) is 3.47. The lowest BCUT2D eigenvalue weighted by Gasteiger charge is -2.29. The zero-order valence-corrected chi connectivity index (χ0v) is 12.5. The van der Waals surface area contributed by atoms with Crippen LogP contribution in [0.3, 0.4) is 0 Å². The molecule has 96 valence electrons. The molecule has 0 heterocycles. The molecule has 0 bridgehead atoms. The average Bonchev–Trinajstić information content (AvgIpc) is 2.21. The number of nitrogens with one attached hydrogen (secondary N) is 1. The summed E-state index contributed by atoms with van der Waals surface area (Å²) in [5.74, 6) is 0.649. The van der Waals surface area contributed by atoms with E-state index in [0.29, 0.717) is 16.4 Å². The van der Waals surface area contributed by atoms with E-state index in [4.69, 9.17) is 23.2 Å². The smallest absolute Gasteiger partial charge is 0.0465 e. The summed E-state index contributed by atoms with van der Waals surface area (Å²) < 4.78 is 0. The fraction of sp³-hybridized carbons (Fsp3) is 0.571. The third kappa shape index (κ3) is 4.50. The summed E-state index contributed by atoms with van der Waals surface area (Å²) in [6, 6.07) is 5.63. The molecule has 0 aliphatic heterocycles. The van der Waals surface area contributed by atoms with Crippen molar-refractivity contribution in [3.63, 3.8) is 0 Å². The van der Waals surface area contributed by atoms with Gasteiger partial charge in [-0.05, 0) is 29.0 Å². The summed E-state index contributed by atoms with van der Waals surface area (Å²) in [4.78, 5) is 0. The Bertz CT molecular complexity index is 372. The van der Waals surface area contributed by atoms with Crippen molar-refractivity contribution in [2.75, 3.05) is 6.54 Å². The van der Waals surface area contributed by atoms with E-state index in [2.05, 4.69) is 33.0 Å². The first kappa shape index (κ1) is 14.8. The van der Waals surface area contributed by atoms with Gasteiger partial charge in [0.25, 0.3) is 0 Å². The van der Waals surface area contributed by atoms with Gasteiger partial charge in [-0.2, -0.15) is 0 Å². The average molecular weight is 274 g/mol. The molecule has 0 saturated carbocycles. The highest BCUT2D eigenvalue weighted by Gasteiger charge is 2.21. The standard InChI is InChI=1S/C14H21Cl2N/c1-10(2)14(3,4)9-17-8-11-5-6-12(15)7-13(11)16/h5-7,10,17H,8-9H2,1-4H3. The number of rotatable bonds is 5. The van der Waals surface area contributed by atoms with E-state index in [1.165, 1.54) is 0 Å². The Hall–Kier alpha value is -0.240. The van der Waals surface area contributed by atoms with Gasteiger partial charge in [-0.25, -0.2) is 0 Å². The number of benzene rings is 1. The summed E-state index contributed by atoms with van der Waals surface area (Å²) in [6.45, 7) is 10.8. The molecule has 1 nitrogen and oxygen atoms in total. The van der Waals surface area contributed by atoms with Crippen molar-refractivity contribution in [1.29, 1.82) is 0 Å². The van der Waals surface area contributed by atoms with Gasteiger partial charge in [-0.1, -0.05) is 57.0 Å². The first-order valence-electron chi connectivity index (χ1n) is 5.97. The molecule has 0 spiro atoms. The molecule has 0 saturated heterocycles. The predicted octanol–water partition coefficient (Wildman–Crippen LogP) is 4.77. The molecule has 0 aliphatic carbocycles. The Kier molecular flexibility index (Phi) is 5.30. The maximum absolute atomic E-state index is 6.12. The van der Waals surface area contributed by atoms with Crippen molar-refractivity contribution in [3.05, 3.63) is 33.8 Å². The SMILES string of the molecule is CC(C)C(C)(C)CNCc1ccc(Cl)cc1Cl. The van der Waals surface area contributed by atoms with E-state index in [0.717, 1.165) is 23.7 Å². The van der Waals surface area contributed by atoms with Gasteiger partial charge in [0.15, 0.2) is 0 Å². The molecule has 0 aromatic heterocycles. The van der Waals surface area contributed by atoms with Gasteiger partial charge in [0, 0.05) is 23.1 Å². The number of hydrogen-bond acceptors (Lipinski definition) is 1. The van der Waals surface area contributed by atoms with Crippen molar-refractivity contribution >= 4 is 23.2 Å². The van der Waals surface area contributed by atoms with Crippen molar-refractivity contribution in [2.24, 2.45) is 11.3 Å². The summed E-state index contributed by atoms with van der Waals surface area (Å²) in [5.41, 5.74) is 1.38. The molecular weight excluding hydrogens is 253 g/mol. The van der Waals surface area contributed by atoms with Gasteiger partial charge in [0.1, 0.15) is 0 Å². The van der Waals surface area contributed by atoms with Gasteiger partial charge in [0.05, 0.1) is 0 Å². The maximum atomic E-state index is 6.12. The Morgan fingerprint density at radius 3 is 2.41 bits per heavy atom. The lowest BCUT2D eigenvalue weighted by molar-refractivity contribution is 0.238. The van der Waals surface area contributed by atoms with Crippen molar-refractivity contribution in [2.45, 2.75) is 34.2 Å². The van der Waals surface area contributed by atoms with Crippen LogP contribution in [0.1, 0.15) is 33.3 Å². The van der Waals surface area contributed by atoms with Gasteiger partial charge in [-0.3, -0.25) is 0 Å². The van der Waals surface area contributed by atoms with E-state index in [1.807, 2.05) is 12.1 Å². The Morgan fingerprint density at radius 2 is 1.88 bits per heavy atom. The molecule has 0 unspecified atom stereocenters. The number of hydrogen-bond donors (Lipinski definition) is 1. The summed E-state index contributed by atoms with van der Waals surface area (Å²) >= 11 is 12.0. The Balaban J connectivity index is 2.51. The topological polar surface area (TPSA) is 12.0 Å². The monoisotopic (exact) mass is 273 g/mol. The van der Waals surface area contributed by atoms with Gasteiger partial charge in [-0.15, -0.1) is 0 Å². The van der Waals surface area contributed by atoms with Crippen LogP contribution < -0.4 is 5.32 Å². The zero-order chi connectivity index (χ0) is 13.1. The fourth-order valence-electron chi connectivity index (χ4n) is 1.39. The zero-order valence-electron chi connectivity index (χ0n) is 11.0. The third-order valence-corrected chi connectivity index (χ3v) is 4.06. The lowest BCUT2D eigenvalue weighted by atomic mass is 9.81. The fourth-order valence-corrected chi connectivity index (χ4v) is 1.86. The molecule has 0 radical (unpaired) electrons. The molecule has 1 N–H and O–H groups in total. The van der Waals surface area contributed by atoms with Gasteiger partial charge >= 0.3 is 0 Å². The van der Waals surface area contributed by atoms with Crippen LogP contribution in [-0.4, -0.2) is 6.54 Å². The predicted molar refractivity (Wildman–Crippen MR) is 76.8 cm³/mol. The van der Waals surface area contributed by atoms with Crippen LogP contribution in [0.25, 0.3) is 0 Å². The lowest BCUT2D eigenvalue weighted by Crippen LogP contribution is -2.33. The second kappa shape index (κ2) is 6.08. The minimum atomic E-state index is 0.291. The summed E-state index contributed by atoms with van der Waals surface area (Å²) in [7, 11) is 0. The summed E-state index contributed by atoms with van der Waals surface area (Å²) in [6.07, 6.45) is 0. The second-order valence-electron chi connectivity index (χ2n) is 5.48. The molecule has 17 heavy (non-hydrogen) atoms. The molecular formula is C14H21Cl2N. The Labute approximate surface area is 115 Å². The van der Waals surface area contributed by atoms with Crippen molar-refractivity contribution in [1.82, 2.24) is 5.32 Å².